The van der Waals surface area contributed by atoms with Gasteiger partial charge in [0.15, 0.2) is 0 Å². The molecule has 0 saturated carbocycles. The van der Waals surface area contributed by atoms with Crippen LogP contribution in [0.5, 0.6) is 5.75 Å². The maximum absolute atomic E-state index is 12.2. The minimum atomic E-state index is 0.219. The molecule has 1 atom stereocenters. The Balaban J connectivity index is 1.73. The van der Waals surface area contributed by atoms with Gasteiger partial charge >= 0.3 is 0 Å². The number of hydrogen-bond acceptors (Lipinski definition) is 3. The molecule has 5 heteroatoms. The predicted octanol–water partition coefficient (Wildman–Crippen LogP) is 2.82. The molecule has 4 nitrogen and oxygen atoms in total. The summed E-state index contributed by atoms with van der Waals surface area (Å²) >= 11 is 3.39. The number of nitrogens with one attached hydrogen (secondary N) is 1. The van der Waals surface area contributed by atoms with Gasteiger partial charge < -0.3 is 15.0 Å². The summed E-state index contributed by atoms with van der Waals surface area (Å²) in [5.74, 6) is 1.05. The first-order chi connectivity index (χ1) is 10.2. The Morgan fingerprint density at radius 2 is 2.19 bits per heavy atom. The van der Waals surface area contributed by atoms with Crippen LogP contribution in [0.3, 0.4) is 0 Å². The summed E-state index contributed by atoms with van der Waals surface area (Å²) < 4.78 is 6.71. The van der Waals surface area contributed by atoms with E-state index in [0.29, 0.717) is 25.6 Å². The van der Waals surface area contributed by atoms with Crippen LogP contribution in [0, 0.1) is 0 Å². The first kappa shape index (κ1) is 16.3. The highest BCUT2D eigenvalue weighted by atomic mass is 79.9. The number of nitrogens with zero attached hydrogens (tertiary/aromatic N) is 1. The molecule has 1 aliphatic rings. The smallest absolute Gasteiger partial charge is 0.224 e. The Hall–Kier alpha value is -1.07. The molecule has 1 N–H and O–H groups in total. The van der Waals surface area contributed by atoms with Crippen LogP contribution in [-0.2, 0) is 4.79 Å². The lowest BCUT2D eigenvalue weighted by molar-refractivity contribution is -0.131. The average molecular weight is 355 g/mol. The standard InChI is InChI=1S/C16H23BrN2O2/c1-2-19(16(20)12-14-4-3-9-18-14)10-11-21-15-7-5-13(17)6-8-15/h5-8,14,18H,2-4,9-12H2,1H3. The molecule has 0 spiro atoms. The molecule has 1 amide bonds. The van der Waals surface area contributed by atoms with Gasteiger partial charge in [-0.3, -0.25) is 4.79 Å². The third-order valence-electron chi connectivity index (χ3n) is 3.76. The van der Waals surface area contributed by atoms with Gasteiger partial charge in [0.05, 0.1) is 6.54 Å². The molecule has 1 saturated heterocycles. The van der Waals surface area contributed by atoms with Crippen molar-refractivity contribution in [3.8, 4) is 5.75 Å². The summed E-state index contributed by atoms with van der Waals surface area (Å²) in [5.41, 5.74) is 0. The fourth-order valence-corrected chi connectivity index (χ4v) is 2.80. The highest BCUT2D eigenvalue weighted by Crippen LogP contribution is 2.16. The van der Waals surface area contributed by atoms with E-state index in [0.717, 1.165) is 29.7 Å². The molecule has 1 fully saturated rings. The first-order valence-electron chi connectivity index (χ1n) is 7.58. The second kappa shape index (κ2) is 8.39. The zero-order valence-electron chi connectivity index (χ0n) is 12.5. The van der Waals surface area contributed by atoms with Gasteiger partial charge in [-0.2, -0.15) is 0 Å². The van der Waals surface area contributed by atoms with Gasteiger partial charge in [-0.15, -0.1) is 0 Å². The van der Waals surface area contributed by atoms with Gasteiger partial charge in [-0.1, -0.05) is 15.9 Å². The van der Waals surface area contributed by atoms with E-state index in [1.165, 1.54) is 6.42 Å². The third-order valence-corrected chi connectivity index (χ3v) is 4.29. The van der Waals surface area contributed by atoms with Crippen LogP contribution in [0.15, 0.2) is 28.7 Å². The van der Waals surface area contributed by atoms with Crippen molar-refractivity contribution < 1.29 is 9.53 Å². The van der Waals surface area contributed by atoms with Crippen molar-refractivity contribution in [3.63, 3.8) is 0 Å². The van der Waals surface area contributed by atoms with Crippen LogP contribution in [0.2, 0.25) is 0 Å². The van der Waals surface area contributed by atoms with E-state index in [4.69, 9.17) is 4.74 Å². The van der Waals surface area contributed by atoms with Crippen LogP contribution in [0.4, 0.5) is 0 Å². The van der Waals surface area contributed by atoms with Gasteiger partial charge in [0.25, 0.3) is 0 Å². The topological polar surface area (TPSA) is 41.6 Å². The number of carbonyl (C=O) groups excluding carboxylic acids is 1. The second-order valence-corrected chi connectivity index (χ2v) is 6.19. The van der Waals surface area contributed by atoms with Crippen molar-refractivity contribution in [2.24, 2.45) is 0 Å². The number of ether oxygens (including phenoxy) is 1. The number of benzene rings is 1. The number of likely N-dealkylation sites (N-methyl/N-ethyl adjacent to an activating group) is 1. The average Bonchev–Trinajstić information content (AvgIpc) is 2.98. The fourth-order valence-electron chi connectivity index (χ4n) is 2.53. The van der Waals surface area contributed by atoms with Gasteiger partial charge in [0.1, 0.15) is 12.4 Å². The maximum Gasteiger partial charge on any atom is 0.224 e. The molecule has 2 rings (SSSR count). The molecule has 1 aromatic carbocycles. The molecule has 1 heterocycles. The Kier molecular flexibility index (Phi) is 6.51. The van der Waals surface area contributed by atoms with Gasteiger partial charge in [-0.25, -0.2) is 0 Å². The van der Waals surface area contributed by atoms with Crippen LogP contribution < -0.4 is 10.1 Å². The van der Waals surface area contributed by atoms with E-state index in [1.54, 1.807) is 0 Å². The number of amides is 1. The van der Waals surface area contributed by atoms with Crippen LogP contribution in [0.1, 0.15) is 26.2 Å². The van der Waals surface area contributed by atoms with E-state index in [-0.39, 0.29) is 5.91 Å². The molecule has 1 unspecified atom stereocenters. The molecule has 116 valence electrons. The molecular weight excluding hydrogens is 332 g/mol. The lowest BCUT2D eigenvalue weighted by atomic mass is 10.1. The van der Waals surface area contributed by atoms with Crippen molar-refractivity contribution in [2.75, 3.05) is 26.2 Å². The van der Waals surface area contributed by atoms with Gasteiger partial charge in [-0.05, 0) is 50.6 Å². The Morgan fingerprint density at radius 3 is 2.81 bits per heavy atom. The van der Waals surface area contributed by atoms with Gasteiger partial charge in [0, 0.05) is 23.5 Å². The Labute approximate surface area is 135 Å². The second-order valence-electron chi connectivity index (χ2n) is 5.27. The summed E-state index contributed by atoms with van der Waals surface area (Å²) in [6.07, 6.45) is 2.89. The molecule has 1 aromatic rings. The minimum absolute atomic E-state index is 0.219. The highest BCUT2D eigenvalue weighted by Gasteiger charge is 2.20. The number of hydrogen-bond donors (Lipinski definition) is 1. The number of carbonyl (C=O) groups is 1. The van der Waals surface area contributed by atoms with Crippen LogP contribution in [-0.4, -0.2) is 43.1 Å². The summed E-state index contributed by atoms with van der Waals surface area (Å²) in [4.78, 5) is 14.1. The largest absolute Gasteiger partial charge is 0.492 e. The molecule has 0 bridgehead atoms. The molecule has 1 aliphatic heterocycles. The van der Waals surface area contributed by atoms with Crippen molar-refractivity contribution >= 4 is 21.8 Å². The zero-order chi connectivity index (χ0) is 15.1. The van der Waals surface area contributed by atoms with E-state index >= 15 is 0 Å². The number of halogens is 1. The summed E-state index contributed by atoms with van der Waals surface area (Å²) in [5, 5.41) is 3.37. The lowest BCUT2D eigenvalue weighted by Crippen LogP contribution is -2.38. The molecule has 0 radical (unpaired) electrons. The van der Waals surface area contributed by atoms with E-state index in [1.807, 2.05) is 36.1 Å². The normalized spacial score (nSPS) is 17.7. The Bertz CT molecular complexity index is 444. The van der Waals surface area contributed by atoms with Crippen LogP contribution >= 0.6 is 15.9 Å². The Morgan fingerprint density at radius 1 is 1.43 bits per heavy atom. The maximum atomic E-state index is 12.2. The first-order valence-corrected chi connectivity index (χ1v) is 8.38. The molecule has 0 aliphatic carbocycles. The molecule has 0 aromatic heterocycles. The lowest BCUT2D eigenvalue weighted by Gasteiger charge is -2.22. The zero-order valence-corrected chi connectivity index (χ0v) is 14.1. The molecule has 21 heavy (non-hydrogen) atoms. The third kappa shape index (κ3) is 5.32. The van der Waals surface area contributed by atoms with E-state index in [9.17, 15) is 4.79 Å². The minimum Gasteiger partial charge on any atom is -0.492 e. The van der Waals surface area contributed by atoms with E-state index < -0.39 is 0 Å². The summed E-state index contributed by atoms with van der Waals surface area (Å²) in [6, 6.07) is 8.10. The van der Waals surface area contributed by atoms with Crippen molar-refractivity contribution in [1.29, 1.82) is 0 Å². The van der Waals surface area contributed by atoms with Crippen molar-refractivity contribution in [1.82, 2.24) is 10.2 Å². The quantitative estimate of drug-likeness (QED) is 0.818. The van der Waals surface area contributed by atoms with Crippen molar-refractivity contribution in [2.45, 2.75) is 32.2 Å². The van der Waals surface area contributed by atoms with Crippen LogP contribution in [0.25, 0.3) is 0 Å². The molecular formula is C16H23BrN2O2. The van der Waals surface area contributed by atoms with Gasteiger partial charge in [0.2, 0.25) is 5.91 Å². The fraction of sp³-hybridized carbons (Fsp3) is 0.562. The monoisotopic (exact) mass is 354 g/mol. The number of rotatable bonds is 7. The summed E-state index contributed by atoms with van der Waals surface area (Å²) in [6.45, 7) is 4.95. The highest BCUT2D eigenvalue weighted by molar-refractivity contribution is 9.10. The van der Waals surface area contributed by atoms with Crippen molar-refractivity contribution in [3.05, 3.63) is 28.7 Å². The SMILES string of the molecule is CCN(CCOc1ccc(Br)cc1)C(=O)CC1CCCN1. The van der Waals surface area contributed by atoms with E-state index in [2.05, 4.69) is 21.2 Å². The summed E-state index contributed by atoms with van der Waals surface area (Å²) in [7, 11) is 0. The predicted molar refractivity (Wildman–Crippen MR) is 87.5 cm³/mol.